The number of carbonyl (C=O) groups is 1. The maximum absolute atomic E-state index is 13.5. The number of carbonyl (C=O) groups excluding carboxylic acids is 1. The second-order valence-corrected chi connectivity index (χ2v) is 5.65. The zero-order valence-corrected chi connectivity index (χ0v) is 12.8. The van der Waals surface area contributed by atoms with Crippen LogP contribution in [0.5, 0.6) is 0 Å². The van der Waals surface area contributed by atoms with E-state index >= 15 is 0 Å². The van der Waals surface area contributed by atoms with Gasteiger partial charge in [0.1, 0.15) is 18.0 Å². The predicted octanol–water partition coefficient (Wildman–Crippen LogP) is 1.52. The van der Waals surface area contributed by atoms with E-state index in [9.17, 15) is 14.3 Å². The summed E-state index contributed by atoms with van der Waals surface area (Å²) in [6.07, 6.45) is 1.64. The molecule has 2 aromatic rings. The van der Waals surface area contributed by atoms with Crippen molar-refractivity contribution in [1.29, 1.82) is 0 Å². The Morgan fingerprint density at radius 2 is 2.13 bits per heavy atom. The number of aliphatic hydroxyl groups is 1. The molecule has 7 heteroatoms. The van der Waals surface area contributed by atoms with Gasteiger partial charge in [0.25, 0.3) is 0 Å². The number of halogens is 1. The van der Waals surface area contributed by atoms with Gasteiger partial charge in [-0.2, -0.15) is 0 Å². The van der Waals surface area contributed by atoms with E-state index in [0.29, 0.717) is 42.7 Å². The van der Waals surface area contributed by atoms with Gasteiger partial charge < -0.3 is 14.7 Å². The Morgan fingerprint density at radius 3 is 2.83 bits per heavy atom. The molecule has 1 aromatic heterocycles. The summed E-state index contributed by atoms with van der Waals surface area (Å²) >= 11 is 0. The van der Waals surface area contributed by atoms with Crippen LogP contribution >= 0.6 is 0 Å². The first-order valence-corrected chi connectivity index (χ1v) is 7.51. The molecule has 0 amide bonds. The molecule has 1 saturated heterocycles. The van der Waals surface area contributed by atoms with Crippen LogP contribution < -0.4 is 4.90 Å². The van der Waals surface area contributed by atoms with Gasteiger partial charge in [0.15, 0.2) is 6.10 Å². The first kappa shape index (κ1) is 15.6. The Balaban J connectivity index is 1.78. The van der Waals surface area contributed by atoms with Gasteiger partial charge in [0, 0.05) is 18.5 Å². The third kappa shape index (κ3) is 3.10. The molecular weight excluding hydrogens is 301 g/mol. The lowest BCUT2D eigenvalue weighted by atomic mass is 9.91. The number of esters is 1. The van der Waals surface area contributed by atoms with Crippen LogP contribution in [0.15, 0.2) is 24.5 Å². The summed E-state index contributed by atoms with van der Waals surface area (Å²) in [5.74, 6) is -0.383. The minimum absolute atomic E-state index is 0.136. The van der Waals surface area contributed by atoms with Crippen molar-refractivity contribution in [1.82, 2.24) is 9.97 Å². The number of nitrogens with zero attached hydrogens (tertiary/aromatic N) is 3. The first-order chi connectivity index (χ1) is 11.1. The average molecular weight is 319 g/mol. The molecule has 0 bridgehead atoms. The molecule has 1 aliphatic rings. The van der Waals surface area contributed by atoms with Crippen molar-refractivity contribution < 1.29 is 19.0 Å². The zero-order valence-electron chi connectivity index (χ0n) is 12.8. The van der Waals surface area contributed by atoms with Gasteiger partial charge in [-0.15, -0.1) is 0 Å². The third-order valence-corrected chi connectivity index (χ3v) is 4.30. The number of hydrogen-bond donors (Lipinski definition) is 1. The molecule has 122 valence electrons. The lowest BCUT2D eigenvalue weighted by molar-refractivity contribution is -0.153. The van der Waals surface area contributed by atoms with E-state index in [1.807, 2.05) is 4.90 Å². The number of benzene rings is 1. The van der Waals surface area contributed by atoms with Gasteiger partial charge in [-0.25, -0.2) is 19.2 Å². The lowest BCUT2D eigenvalue weighted by Gasteiger charge is -2.34. The molecule has 23 heavy (non-hydrogen) atoms. The summed E-state index contributed by atoms with van der Waals surface area (Å²) in [6, 6.07) is 4.43. The highest BCUT2D eigenvalue weighted by molar-refractivity contribution is 5.89. The van der Waals surface area contributed by atoms with Crippen LogP contribution in [0, 0.1) is 11.7 Å². The molecule has 1 N–H and O–H groups in total. The molecule has 0 radical (unpaired) electrons. The Kier molecular flexibility index (Phi) is 4.38. The van der Waals surface area contributed by atoms with Crippen molar-refractivity contribution in [3.8, 4) is 0 Å². The van der Waals surface area contributed by atoms with Gasteiger partial charge in [-0.1, -0.05) is 0 Å². The van der Waals surface area contributed by atoms with Crippen LogP contribution in [0.25, 0.3) is 10.9 Å². The molecule has 1 fully saturated rings. The smallest absolute Gasteiger partial charge is 0.334 e. The number of piperidine rings is 1. The van der Waals surface area contributed by atoms with Crippen molar-refractivity contribution in [2.45, 2.75) is 18.9 Å². The van der Waals surface area contributed by atoms with Gasteiger partial charge in [-0.05, 0) is 37.0 Å². The second kappa shape index (κ2) is 6.45. The number of anilines is 1. The van der Waals surface area contributed by atoms with Gasteiger partial charge in [0.2, 0.25) is 0 Å². The summed E-state index contributed by atoms with van der Waals surface area (Å²) in [7, 11) is 1.27. The number of aliphatic hydroxyl groups excluding tert-OH is 1. The third-order valence-electron chi connectivity index (χ3n) is 4.30. The largest absolute Gasteiger partial charge is 0.467 e. The summed E-state index contributed by atoms with van der Waals surface area (Å²) in [6.45, 7) is 1.25. The van der Waals surface area contributed by atoms with E-state index in [1.165, 1.54) is 25.6 Å². The summed E-state index contributed by atoms with van der Waals surface area (Å²) in [5, 5.41) is 10.6. The maximum atomic E-state index is 13.5. The SMILES string of the molecule is COC(=O)C(O)C1CCN(c2ncnc3ccc(F)cc23)CC1. The number of fused-ring (bicyclic) bond motifs is 1. The molecule has 0 spiro atoms. The van der Waals surface area contributed by atoms with Crippen LogP contribution in [-0.4, -0.2) is 47.3 Å². The van der Waals surface area contributed by atoms with Crippen LogP contribution in [0.2, 0.25) is 0 Å². The van der Waals surface area contributed by atoms with Gasteiger partial charge >= 0.3 is 5.97 Å². The summed E-state index contributed by atoms with van der Waals surface area (Å²) in [5.41, 5.74) is 0.688. The monoisotopic (exact) mass is 319 g/mol. The Labute approximate surface area is 132 Å². The highest BCUT2D eigenvalue weighted by Gasteiger charge is 2.31. The topological polar surface area (TPSA) is 75.6 Å². The maximum Gasteiger partial charge on any atom is 0.334 e. The fraction of sp³-hybridized carbons (Fsp3) is 0.438. The summed E-state index contributed by atoms with van der Waals surface area (Å²) in [4.78, 5) is 21.9. The van der Waals surface area contributed by atoms with E-state index in [1.54, 1.807) is 6.07 Å². The molecule has 1 aliphatic heterocycles. The zero-order chi connectivity index (χ0) is 16.4. The first-order valence-electron chi connectivity index (χ1n) is 7.51. The minimum atomic E-state index is -1.10. The number of aromatic nitrogens is 2. The minimum Gasteiger partial charge on any atom is -0.467 e. The van der Waals surface area contributed by atoms with Gasteiger partial charge in [0.05, 0.1) is 12.6 Å². The Hall–Kier alpha value is -2.28. The fourth-order valence-corrected chi connectivity index (χ4v) is 3.01. The normalized spacial score (nSPS) is 17.3. The number of rotatable bonds is 3. The highest BCUT2D eigenvalue weighted by Crippen LogP contribution is 2.29. The van der Waals surface area contributed by atoms with E-state index in [2.05, 4.69) is 14.7 Å². The average Bonchev–Trinajstić information content (AvgIpc) is 2.60. The van der Waals surface area contributed by atoms with Crippen LogP contribution in [-0.2, 0) is 9.53 Å². The predicted molar refractivity (Wildman–Crippen MR) is 82.5 cm³/mol. The Morgan fingerprint density at radius 1 is 1.39 bits per heavy atom. The lowest BCUT2D eigenvalue weighted by Crippen LogP contribution is -2.41. The molecule has 1 atom stereocenters. The number of ether oxygens (including phenoxy) is 1. The van der Waals surface area contributed by atoms with E-state index in [0.717, 1.165) is 0 Å². The molecule has 0 aliphatic carbocycles. The van der Waals surface area contributed by atoms with E-state index in [-0.39, 0.29) is 11.7 Å². The molecule has 6 nitrogen and oxygen atoms in total. The quantitative estimate of drug-likeness (QED) is 0.865. The molecule has 3 rings (SSSR count). The number of hydrogen-bond acceptors (Lipinski definition) is 6. The van der Waals surface area contributed by atoms with Crippen molar-refractivity contribution in [2.24, 2.45) is 5.92 Å². The van der Waals surface area contributed by atoms with Crippen LogP contribution in [0.1, 0.15) is 12.8 Å². The molecule has 0 saturated carbocycles. The van der Waals surface area contributed by atoms with Crippen molar-refractivity contribution >= 4 is 22.7 Å². The molecule has 2 heterocycles. The van der Waals surface area contributed by atoms with Gasteiger partial charge in [-0.3, -0.25) is 0 Å². The Bertz CT molecular complexity index is 717. The standard InChI is InChI=1S/C16H18FN3O3/c1-23-16(22)14(21)10-4-6-20(7-5-10)15-12-8-11(17)2-3-13(12)18-9-19-15/h2-3,8-10,14,21H,4-7H2,1H3. The summed E-state index contributed by atoms with van der Waals surface area (Å²) < 4.78 is 18.1. The second-order valence-electron chi connectivity index (χ2n) is 5.65. The highest BCUT2D eigenvalue weighted by atomic mass is 19.1. The van der Waals surface area contributed by atoms with Crippen LogP contribution in [0.3, 0.4) is 0 Å². The van der Waals surface area contributed by atoms with Crippen molar-refractivity contribution in [3.63, 3.8) is 0 Å². The van der Waals surface area contributed by atoms with Crippen LogP contribution in [0.4, 0.5) is 10.2 Å². The van der Waals surface area contributed by atoms with E-state index in [4.69, 9.17) is 0 Å². The van der Waals surface area contributed by atoms with Crippen molar-refractivity contribution in [3.05, 3.63) is 30.3 Å². The molecule has 1 aromatic carbocycles. The van der Waals surface area contributed by atoms with Crippen molar-refractivity contribution in [2.75, 3.05) is 25.1 Å². The molecule has 1 unspecified atom stereocenters. The number of methoxy groups -OCH3 is 1. The van der Waals surface area contributed by atoms with E-state index < -0.39 is 12.1 Å². The molecular formula is C16H18FN3O3. The fourth-order valence-electron chi connectivity index (χ4n) is 3.01.